The number of benzene rings is 1. The molecule has 1 amide bonds. The van der Waals surface area contributed by atoms with Gasteiger partial charge in [0.05, 0.1) is 32.0 Å². The van der Waals surface area contributed by atoms with Gasteiger partial charge in [-0.2, -0.15) is 0 Å². The van der Waals surface area contributed by atoms with Crippen LogP contribution in [-0.2, 0) is 9.53 Å². The summed E-state index contributed by atoms with van der Waals surface area (Å²) in [5, 5.41) is 0. The van der Waals surface area contributed by atoms with Gasteiger partial charge in [0.25, 0.3) is 0 Å². The van der Waals surface area contributed by atoms with Crippen LogP contribution in [0.4, 0.5) is 0 Å². The Hall–Kier alpha value is -2.01. The minimum absolute atomic E-state index is 0.00416. The number of carbonyl (C=O) groups excluding carboxylic acids is 1. The number of ether oxygens (including phenoxy) is 3. The summed E-state index contributed by atoms with van der Waals surface area (Å²) in [4.78, 5) is 14.3. The van der Waals surface area contributed by atoms with Crippen molar-refractivity contribution in [1.82, 2.24) is 4.90 Å². The van der Waals surface area contributed by atoms with Gasteiger partial charge >= 0.3 is 0 Å². The van der Waals surface area contributed by atoms with E-state index in [9.17, 15) is 4.79 Å². The van der Waals surface area contributed by atoms with Gasteiger partial charge in [0, 0.05) is 12.6 Å². The Balaban J connectivity index is 2.10. The van der Waals surface area contributed by atoms with Crippen LogP contribution in [0.3, 0.4) is 0 Å². The van der Waals surface area contributed by atoms with E-state index in [2.05, 4.69) is 0 Å². The zero-order valence-corrected chi connectivity index (χ0v) is 15.0. The van der Waals surface area contributed by atoms with Gasteiger partial charge in [0.1, 0.15) is 0 Å². The molecule has 2 unspecified atom stereocenters. The molecule has 1 aromatic carbocycles. The summed E-state index contributed by atoms with van der Waals surface area (Å²) in [7, 11) is 0. The Morgan fingerprint density at radius 3 is 2.67 bits per heavy atom. The highest BCUT2D eigenvalue weighted by Gasteiger charge is 2.25. The van der Waals surface area contributed by atoms with Crippen molar-refractivity contribution in [3.8, 4) is 11.5 Å². The molecular formula is C19H27NO4. The zero-order valence-electron chi connectivity index (χ0n) is 15.0. The van der Waals surface area contributed by atoms with Crippen LogP contribution in [0, 0.1) is 0 Å². The number of amides is 1. The maximum absolute atomic E-state index is 12.4. The minimum Gasteiger partial charge on any atom is -0.490 e. The van der Waals surface area contributed by atoms with Crippen LogP contribution in [0.15, 0.2) is 24.3 Å². The first-order chi connectivity index (χ1) is 11.5. The maximum atomic E-state index is 12.4. The van der Waals surface area contributed by atoms with Crippen molar-refractivity contribution in [2.24, 2.45) is 0 Å². The summed E-state index contributed by atoms with van der Waals surface area (Å²) >= 11 is 0. The van der Waals surface area contributed by atoms with E-state index in [-0.39, 0.29) is 18.1 Å². The molecule has 1 aromatic rings. The predicted octanol–water partition coefficient (Wildman–Crippen LogP) is 3.13. The highest BCUT2D eigenvalue weighted by atomic mass is 16.5. The first-order valence-corrected chi connectivity index (χ1v) is 8.55. The zero-order chi connectivity index (χ0) is 17.5. The second kappa shape index (κ2) is 8.73. The number of hydrogen-bond donors (Lipinski definition) is 0. The largest absolute Gasteiger partial charge is 0.490 e. The fourth-order valence-corrected chi connectivity index (χ4v) is 2.64. The SMILES string of the molecule is CCOc1ccc(/C=C/C(=O)N2CC(C)OCC2C)cc1OCC. The third-order valence-corrected chi connectivity index (χ3v) is 3.88. The molecule has 0 bridgehead atoms. The molecule has 5 heteroatoms. The molecule has 1 aliphatic rings. The molecule has 0 aliphatic carbocycles. The Morgan fingerprint density at radius 2 is 1.96 bits per heavy atom. The smallest absolute Gasteiger partial charge is 0.246 e. The molecule has 0 aromatic heterocycles. The monoisotopic (exact) mass is 333 g/mol. The van der Waals surface area contributed by atoms with E-state index >= 15 is 0 Å². The number of morpholine rings is 1. The lowest BCUT2D eigenvalue weighted by atomic mass is 10.1. The Labute approximate surface area is 144 Å². The second-order valence-corrected chi connectivity index (χ2v) is 5.89. The predicted molar refractivity (Wildman–Crippen MR) is 94.4 cm³/mol. The summed E-state index contributed by atoms with van der Waals surface area (Å²) in [6.45, 7) is 10.2. The summed E-state index contributed by atoms with van der Waals surface area (Å²) in [6, 6.07) is 5.78. The maximum Gasteiger partial charge on any atom is 0.246 e. The molecular weight excluding hydrogens is 306 g/mol. The van der Waals surface area contributed by atoms with Crippen molar-refractivity contribution >= 4 is 12.0 Å². The van der Waals surface area contributed by atoms with Gasteiger partial charge in [-0.15, -0.1) is 0 Å². The average molecular weight is 333 g/mol. The molecule has 0 spiro atoms. The van der Waals surface area contributed by atoms with Crippen LogP contribution in [-0.4, -0.2) is 49.3 Å². The van der Waals surface area contributed by atoms with Crippen molar-refractivity contribution in [3.63, 3.8) is 0 Å². The topological polar surface area (TPSA) is 48.0 Å². The third kappa shape index (κ3) is 4.74. The van der Waals surface area contributed by atoms with Crippen LogP contribution in [0.1, 0.15) is 33.3 Å². The quantitative estimate of drug-likeness (QED) is 0.751. The summed E-state index contributed by atoms with van der Waals surface area (Å²) in [6.07, 6.45) is 3.50. The molecule has 2 rings (SSSR count). The lowest BCUT2D eigenvalue weighted by molar-refractivity contribution is -0.137. The molecule has 1 fully saturated rings. The number of carbonyl (C=O) groups is 1. The van der Waals surface area contributed by atoms with Crippen molar-refractivity contribution in [1.29, 1.82) is 0 Å². The summed E-state index contributed by atoms with van der Waals surface area (Å²) in [5.74, 6) is 1.42. The molecule has 1 saturated heterocycles. The highest BCUT2D eigenvalue weighted by Crippen LogP contribution is 2.29. The Bertz CT molecular complexity index is 585. The van der Waals surface area contributed by atoms with Crippen molar-refractivity contribution in [2.75, 3.05) is 26.4 Å². The van der Waals surface area contributed by atoms with Crippen molar-refractivity contribution in [3.05, 3.63) is 29.8 Å². The summed E-state index contributed by atoms with van der Waals surface area (Å²) in [5.41, 5.74) is 0.907. The van der Waals surface area contributed by atoms with Gasteiger partial charge in [-0.25, -0.2) is 0 Å². The van der Waals surface area contributed by atoms with Crippen LogP contribution in [0.5, 0.6) is 11.5 Å². The van der Waals surface area contributed by atoms with E-state index in [1.807, 2.05) is 56.9 Å². The molecule has 0 saturated carbocycles. The van der Waals surface area contributed by atoms with E-state index in [0.29, 0.717) is 32.1 Å². The van der Waals surface area contributed by atoms with Crippen LogP contribution >= 0.6 is 0 Å². The lowest BCUT2D eigenvalue weighted by Crippen LogP contribution is -2.49. The lowest BCUT2D eigenvalue weighted by Gasteiger charge is -2.36. The van der Waals surface area contributed by atoms with Crippen molar-refractivity contribution in [2.45, 2.75) is 39.8 Å². The molecule has 0 radical (unpaired) electrons. The van der Waals surface area contributed by atoms with Crippen LogP contribution in [0.2, 0.25) is 0 Å². The van der Waals surface area contributed by atoms with Gasteiger partial charge in [0.15, 0.2) is 11.5 Å². The number of nitrogens with zero attached hydrogens (tertiary/aromatic N) is 1. The van der Waals surface area contributed by atoms with Crippen LogP contribution in [0.25, 0.3) is 6.08 Å². The van der Waals surface area contributed by atoms with Gasteiger partial charge in [0.2, 0.25) is 5.91 Å². The van der Waals surface area contributed by atoms with Gasteiger partial charge in [-0.3, -0.25) is 4.79 Å². The Morgan fingerprint density at radius 1 is 1.25 bits per heavy atom. The van der Waals surface area contributed by atoms with Gasteiger partial charge in [-0.1, -0.05) is 6.07 Å². The Kier molecular flexibility index (Phi) is 6.67. The third-order valence-electron chi connectivity index (χ3n) is 3.88. The molecule has 0 N–H and O–H groups in total. The number of hydrogen-bond acceptors (Lipinski definition) is 4. The normalized spacial score (nSPS) is 21.1. The molecule has 1 heterocycles. The van der Waals surface area contributed by atoms with Crippen molar-refractivity contribution < 1.29 is 19.0 Å². The fraction of sp³-hybridized carbons (Fsp3) is 0.526. The first-order valence-electron chi connectivity index (χ1n) is 8.55. The van der Waals surface area contributed by atoms with Gasteiger partial charge < -0.3 is 19.1 Å². The van der Waals surface area contributed by atoms with E-state index < -0.39 is 0 Å². The number of rotatable bonds is 6. The van der Waals surface area contributed by atoms with Crippen LogP contribution < -0.4 is 9.47 Å². The molecule has 24 heavy (non-hydrogen) atoms. The minimum atomic E-state index is 0.00416. The average Bonchev–Trinajstić information content (AvgIpc) is 2.57. The van der Waals surface area contributed by atoms with E-state index in [4.69, 9.17) is 14.2 Å². The summed E-state index contributed by atoms with van der Waals surface area (Å²) < 4.78 is 16.7. The van der Waals surface area contributed by atoms with Gasteiger partial charge in [-0.05, 0) is 51.5 Å². The molecule has 2 atom stereocenters. The molecule has 132 valence electrons. The molecule has 5 nitrogen and oxygen atoms in total. The van der Waals surface area contributed by atoms with E-state index in [0.717, 1.165) is 11.3 Å². The standard InChI is InChI=1S/C19H27NO4/c1-5-22-17-9-7-16(11-18(17)23-6-2)8-10-19(21)20-12-15(4)24-13-14(20)3/h7-11,14-15H,5-6,12-13H2,1-4H3/b10-8+. The molecule has 1 aliphatic heterocycles. The van der Waals surface area contributed by atoms with E-state index in [1.54, 1.807) is 6.08 Å². The highest BCUT2D eigenvalue weighted by molar-refractivity contribution is 5.92. The van der Waals surface area contributed by atoms with E-state index in [1.165, 1.54) is 0 Å². The second-order valence-electron chi connectivity index (χ2n) is 5.89. The first kappa shape index (κ1) is 18.3. The fourth-order valence-electron chi connectivity index (χ4n) is 2.64.